The number of aryl methyl sites for hydroxylation is 2. The van der Waals surface area contributed by atoms with E-state index in [9.17, 15) is 4.79 Å². The number of methoxy groups -OCH3 is 1. The molecule has 0 bridgehead atoms. The highest BCUT2D eigenvalue weighted by Crippen LogP contribution is 2.38. The predicted molar refractivity (Wildman–Crippen MR) is 152 cm³/mol. The smallest absolute Gasteiger partial charge is 0.341 e. The van der Waals surface area contributed by atoms with Crippen molar-refractivity contribution >= 4 is 56.1 Å². The normalized spacial score (nSPS) is 13.2. The summed E-state index contributed by atoms with van der Waals surface area (Å²) in [5.41, 5.74) is 5.71. The molecule has 0 spiro atoms. The Hall–Kier alpha value is -3.23. The van der Waals surface area contributed by atoms with Gasteiger partial charge in [0.2, 0.25) is 0 Å². The van der Waals surface area contributed by atoms with Crippen molar-refractivity contribution in [1.29, 1.82) is 0 Å². The molecule has 2 heterocycles. The van der Waals surface area contributed by atoms with Gasteiger partial charge in [-0.15, -0.1) is 11.3 Å². The molecule has 1 aliphatic rings. The standard InChI is InChI=1S/C28H30N4O2S2/c1-17-25(18(2)32(31-17)16-20-12-9-11-19-10-7-8-13-21(19)20)29-28(35)30-26-24(27(33)34-3)22-14-5-4-6-15-23(22)36-26/h7-13H,4-6,14-16H2,1-3H3,(H2,29,30,35). The fourth-order valence-corrected chi connectivity index (χ4v) is 6.57. The van der Waals surface area contributed by atoms with Gasteiger partial charge in [-0.2, -0.15) is 5.10 Å². The average Bonchev–Trinajstić information content (AvgIpc) is 3.22. The number of benzene rings is 2. The molecule has 186 valence electrons. The molecule has 0 atom stereocenters. The van der Waals surface area contributed by atoms with Crippen molar-refractivity contribution < 1.29 is 9.53 Å². The third-order valence-corrected chi connectivity index (χ3v) is 8.27. The van der Waals surface area contributed by atoms with E-state index >= 15 is 0 Å². The van der Waals surface area contributed by atoms with Gasteiger partial charge in [-0.3, -0.25) is 4.68 Å². The van der Waals surface area contributed by atoms with Crippen LogP contribution < -0.4 is 10.6 Å². The summed E-state index contributed by atoms with van der Waals surface area (Å²) in [6.45, 7) is 4.69. The molecule has 36 heavy (non-hydrogen) atoms. The van der Waals surface area contributed by atoms with Crippen LogP contribution in [0.15, 0.2) is 42.5 Å². The molecule has 4 aromatic rings. The molecule has 0 fully saturated rings. The zero-order chi connectivity index (χ0) is 25.2. The topological polar surface area (TPSA) is 68.2 Å². The Labute approximate surface area is 220 Å². The minimum Gasteiger partial charge on any atom is -0.465 e. The van der Waals surface area contributed by atoms with Crippen LogP contribution in [0.1, 0.15) is 57.0 Å². The number of carbonyl (C=O) groups excluding carboxylic acids is 1. The van der Waals surface area contributed by atoms with Crippen LogP contribution >= 0.6 is 23.6 Å². The number of esters is 1. The molecular formula is C28H30N4O2S2. The highest BCUT2D eigenvalue weighted by Gasteiger charge is 2.26. The van der Waals surface area contributed by atoms with Gasteiger partial charge in [0.25, 0.3) is 0 Å². The number of carbonyl (C=O) groups is 1. The Morgan fingerprint density at radius 3 is 2.69 bits per heavy atom. The van der Waals surface area contributed by atoms with Crippen molar-refractivity contribution in [2.75, 3.05) is 17.7 Å². The van der Waals surface area contributed by atoms with Crippen molar-refractivity contribution in [3.8, 4) is 0 Å². The SMILES string of the molecule is COC(=O)c1c(NC(=S)Nc2c(C)nn(Cc3cccc4ccccc34)c2C)sc2c1CCCCC2. The number of nitrogens with zero attached hydrogens (tertiary/aromatic N) is 2. The van der Waals surface area contributed by atoms with Crippen LogP contribution in [0.2, 0.25) is 0 Å². The van der Waals surface area contributed by atoms with E-state index in [2.05, 4.69) is 53.1 Å². The minimum absolute atomic E-state index is 0.310. The number of ether oxygens (including phenoxy) is 1. The average molecular weight is 519 g/mol. The van der Waals surface area contributed by atoms with Crippen LogP contribution in [-0.2, 0) is 24.1 Å². The number of anilines is 2. The molecule has 2 aromatic heterocycles. The summed E-state index contributed by atoms with van der Waals surface area (Å²) in [5, 5.41) is 15.1. The Morgan fingerprint density at radius 1 is 1.08 bits per heavy atom. The fraction of sp³-hybridized carbons (Fsp3) is 0.321. The molecule has 0 amide bonds. The second-order valence-corrected chi connectivity index (χ2v) is 10.7. The molecule has 2 aromatic carbocycles. The molecule has 2 N–H and O–H groups in total. The molecule has 0 saturated heterocycles. The highest BCUT2D eigenvalue weighted by atomic mass is 32.1. The highest BCUT2D eigenvalue weighted by molar-refractivity contribution is 7.80. The maximum atomic E-state index is 12.7. The second kappa shape index (κ2) is 10.4. The van der Waals surface area contributed by atoms with Gasteiger partial charge >= 0.3 is 5.97 Å². The Morgan fingerprint density at radius 2 is 1.86 bits per heavy atom. The number of fused-ring (bicyclic) bond motifs is 2. The molecule has 0 aliphatic heterocycles. The van der Waals surface area contributed by atoms with Crippen molar-refractivity contribution in [3.63, 3.8) is 0 Å². The molecule has 0 saturated carbocycles. The molecule has 5 rings (SSSR count). The van der Waals surface area contributed by atoms with Gasteiger partial charge in [0.05, 0.1) is 36.3 Å². The van der Waals surface area contributed by atoms with Crippen LogP contribution in [0.4, 0.5) is 10.7 Å². The summed E-state index contributed by atoms with van der Waals surface area (Å²) in [6.07, 6.45) is 5.31. The summed E-state index contributed by atoms with van der Waals surface area (Å²) < 4.78 is 7.13. The number of rotatable bonds is 5. The van der Waals surface area contributed by atoms with Gasteiger partial charge < -0.3 is 15.4 Å². The molecule has 8 heteroatoms. The van der Waals surface area contributed by atoms with Crippen molar-refractivity contribution in [3.05, 3.63) is 75.4 Å². The second-order valence-electron chi connectivity index (χ2n) is 9.18. The lowest BCUT2D eigenvalue weighted by atomic mass is 10.0. The number of hydrogen-bond acceptors (Lipinski definition) is 5. The Kier molecular flexibility index (Phi) is 7.07. The summed E-state index contributed by atoms with van der Waals surface area (Å²) >= 11 is 7.30. The predicted octanol–water partition coefficient (Wildman–Crippen LogP) is 6.63. The molecule has 1 aliphatic carbocycles. The zero-order valence-electron chi connectivity index (χ0n) is 20.8. The first-order chi connectivity index (χ1) is 17.5. The van der Waals surface area contributed by atoms with Gasteiger partial charge in [-0.05, 0) is 73.6 Å². The lowest BCUT2D eigenvalue weighted by Gasteiger charge is -2.12. The van der Waals surface area contributed by atoms with Gasteiger partial charge in [0.15, 0.2) is 5.11 Å². The van der Waals surface area contributed by atoms with Crippen LogP contribution in [-0.4, -0.2) is 28.0 Å². The fourth-order valence-electron chi connectivity index (χ4n) is 5.02. The summed E-state index contributed by atoms with van der Waals surface area (Å²) in [5.74, 6) is -0.310. The van der Waals surface area contributed by atoms with Crippen molar-refractivity contribution in [2.24, 2.45) is 0 Å². The van der Waals surface area contributed by atoms with Crippen molar-refractivity contribution in [1.82, 2.24) is 9.78 Å². The third-order valence-electron chi connectivity index (χ3n) is 6.86. The van der Waals surface area contributed by atoms with E-state index in [1.54, 1.807) is 11.3 Å². The van der Waals surface area contributed by atoms with E-state index in [-0.39, 0.29) is 5.97 Å². The van der Waals surface area contributed by atoms with E-state index in [0.29, 0.717) is 17.2 Å². The van der Waals surface area contributed by atoms with E-state index in [0.717, 1.165) is 53.3 Å². The Balaban J connectivity index is 1.38. The first-order valence-electron chi connectivity index (χ1n) is 12.3. The number of thiophene rings is 1. The van der Waals surface area contributed by atoms with Gasteiger partial charge in [-0.1, -0.05) is 48.9 Å². The molecular weight excluding hydrogens is 488 g/mol. The third kappa shape index (κ3) is 4.75. The van der Waals surface area contributed by atoms with E-state index in [1.165, 1.54) is 34.7 Å². The number of nitrogens with one attached hydrogen (secondary N) is 2. The number of aromatic nitrogens is 2. The first kappa shape index (κ1) is 24.5. The largest absolute Gasteiger partial charge is 0.465 e. The summed E-state index contributed by atoms with van der Waals surface area (Å²) in [6, 6.07) is 14.8. The molecule has 6 nitrogen and oxygen atoms in total. The lowest BCUT2D eigenvalue weighted by molar-refractivity contribution is 0.0601. The molecule has 0 radical (unpaired) electrons. The summed E-state index contributed by atoms with van der Waals surface area (Å²) in [7, 11) is 1.43. The van der Waals surface area contributed by atoms with Crippen LogP contribution in [0.5, 0.6) is 0 Å². The van der Waals surface area contributed by atoms with Crippen LogP contribution in [0.3, 0.4) is 0 Å². The minimum atomic E-state index is -0.310. The Bertz CT molecular complexity index is 1450. The van der Waals surface area contributed by atoms with Crippen LogP contribution in [0, 0.1) is 13.8 Å². The monoisotopic (exact) mass is 518 g/mol. The van der Waals surface area contributed by atoms with Crippen LogP contribution in [0.25, 0.3) is 10.8 Å². The zero-order valence-corrected chi connectivity index (χ0v) is 22.4. The quantitative estimate of drug-likeness (QED) is 0.176. The number of hydrogen-bond donors (Lipinski definition) is 2. The first-order valence-corrected chi connectivity index (χ1v) is 13.5. The van der Waals surface area contributed by atoms with E-state index in [4.69, 9.17) is 22.1 Å². The van der Waals surface area contributed by atoms with E-state index < -0.39 is 0 Å². The lowest BCUT2D eigenvalue weighted by Crippen LogP contribution is -2.21. The maximum Gasteiger partial charge on any atom is 0.341 e. The summed E-state index contributed by atoms with van der Waals surface area (Å²) in [4.78, 5) is 13.9. The van der Waals surface area contributed by atoms with Crippen molar-refractivity contribution in [2.45, 2.75) is 52.5 Å². The number of thiocarbonyl (C=S) groups is 1. The van der Waals surface area contributed by atoms with Gasteiger partial charge in [-0.25, -0.2) is 4.79 Å². The van der Waals surface area contributed by atoms with Gasteiger partial charge in [0, 0.05) is 4.88 Å². The molecule has 0 unspecified atom stereocenters. The maximum absolute atomic E-state index is 12.7. The van der Waals surface area contributed by atoms with E-state index in [1.807, 2.05) is 18.5 Å². The van der Waals surface area contributed by atoms with Gasteiger partial charge in [0.1, 0.15) is 5.00 Å².